The van der Waals surface area contributed by atoms with Crippen LogP contribution in [0.5, 0.6) is 5.75 Å². The number of aldehydes is 1. The number of ether oxygens (including phenoxy) is 1. The van der Waals surface area contributed by atoms with Crippen molar-refractivity contribution in [2.45, 2.75) is 32.4 Å². The number of phenols is 1. The molecule has 0 aliphatic heterocycles. The third-order valence-electron chi connectivity index (χ3n) is 2.54. The second-order valence-electron chi connectivity index (χ2n) is 5.38. The molecule has 1 aromatic carbocycles. The Bertz CT molecular complexity index is 510. The first-order valence-corrected chi connectivity index (χ1v) is 6.84. The van der Waals surface area contributed by atoms with Crippen molar-refractivity contribution in [3.8, 4) is 5.75 Å². The molecular weight excluding hydrogens is 326 g/mol. The number of benzene rings is 1. The molecule has 0 aromatic heterocycles. The van der Waals surface area contributed by atoms with E-state index in [1.54, 1.807) is 32.9 Å². The van der Waals surface area contributed by atoms with Crippen LogP contribution in [0, 0.1) is 0 Å². The average Bonchev–Trinajstić information content (AvgIpc) is 2.32. The van der Waals surface area contributed by atoms with Gasteiger partial charge in [-0.3, -0.25) is 4.90 Å². The molecule has 1 N–H and O–H groups in total. The minimum absolute atomic E-state index is 0.0549. The van der Waals surface area contributed by atoms with Gasteiger partial charge >= 0.3 is 6.09 Å². The fourth-order valence-electron chi connectivity index (χ4n) is 1.58. The Morgan fingerprint density at radius 2 is 2.05 bits per heavy atom. The van der Waals surface area contributed by atoms with Gasteiger partial charge in [0, 0.05) is 17.1 Å². The average molecular weight is 344 g/mol. The zero-order valence-electron chi connectivity index (χ0n) is 11.9. The summed E-state index contributed by atoms with van der Waals surface area (Å²) in [6.45, 7) is 5.22. The second kappa shape index (κ2) is 6.26. The van der Waals surface area contributed by atoms with Crippen LogP contribution in [0.3, 0.4) is 0 Å². The maximum absolute atomic E-state index is 12.0. The summed E-state index contributed by atoms with van der Waals surface area (Å²) in [5.41, 5.74) is -0.319. The van der Waals surface area contributed by atoms with Crippen LogP contribution >= 0.6 is 15.9 Å². The van der Waals surface area contributed by atoms with Crippen LogP contribution in [-0.2, 0) is 9.53 Å². The van der Waals surface area contributed by atoms with E-state index in [0.29, 0.717) is 16.3 Å². The third kappa shape index (κ3) is 4.23. The Morgan fingerprint density at radius 3 is 2.55 bits per heavy atom. The minimum Gasteiger partial charge on any atom is -0.508 e. The standard InChI is InChI=1S/C14H18BrNO4/c1-14(2,3)20-13(19)16(4)11(8-17)10-7-9(15)5-6-12(10)18/h5-8,11,18H,1-4H3. The molecule has 6 heteroatoms. The number of nitrogens with zero attached hydrogens (tertiary/aromatic N) is 1. The Hall–Kier alpha value is -1.56. The normalized spacial score (nSPS) is 12.7. The smallest absolute Gasteiger partial charge is 0.410 e. The summed E-state index contributed by atoms with van der Waals surface area (Å²) in [6.07, 6.45) is -0.0419. The van der Waals surface area contributed by atoms with Crippen molar-refractivity contribution in [3.63, 3.8) is 0 Å². The molecular formula is C14H18BrNO4. The Labute approximate surface area is 126 Å². The van der Waals surface area contributed by atoms with Crippen LogP contribution in [0.1, 0.15) is 32.4 Å². The summed E-state index contributed by atoms with van der Waals surface area (Å²) in [5, 5.41) is 9.84. The first kappa shape index (κ1) is 16.5. The number of amides is 1. The minimum atomic E-state index is -0.914. The largest absolute Gasteiger partial charge is 0.508 e. The molecule has 0 aliphatic carbocycles. The van der Waals surface area contributed by atoms with Crippen molar-refractivity contribution < 1.29 is 19.4 Å². The van der Waals surface area contributed by atoms with Crippen LogP contribution in [0.2, 0.25) is 0 Å². The van der Waals surface area contributed by atoms with Gasteiger partial charge in [0.25, 0.3) is 0 Å². The number of rotatable bonds is 3. The molecule has 110 valence electrons. The SMILES string of the molecule is CN(C(=O)OC(C)(C)C)C(C=O)c1cc(Br)ccc1O. The highest BCUT2D eigenvalue weighted by Gasteiger charge is 2.27. The van der Waals surface area contributed by atoms with Crippen LogP contribution in [0.4, 0.5) is 4.79 Å². The highest BCUT2D eigenvalue weighted by atomic mass is 79.9. The Kier molecular flexibility index (Phi) is 5.16. The molecule has 0 bridgehead atoms. The van der Waals surface area contributed by atoms with Gasteiger partial charge in [0.15, 0.2) is 0 Å². The maximum atomic E-state index is 12.0. The van der Waals surface area contributed by atoms with Gasteiger partial charge in [-0.2, -0.15) is 0 Å². The lowest BCUT2D eigenvalue weighted by Gasteiger charge is -2.28. The quantitative estimate of drug-likeness (QED) is 0.855. The predicted octanol–water partition coefficient (Wildman–Crippen LogP) is 3.26. The highest BCUT2D eigenvalue weighted by Crippen LogP contribution is 2.30. The topological polar surface area (TPSA) is 66.8 Å². The molecule has 20 heavy (non-hydrogen) atoms. The first-order valence-electron chi connectivity index (χ1n) is 6.05. The van der Waals surface area contributed by atoms with Gasteiger partial charge in [-0.1, -0.05) is 15.9 Å². The van der Waals surface area contributed by atoms with E-state index in [9.17, 15) is 14.7 Å². The summed E-state index contributed by atoms with van der Waals surface area (Å²) in [4.78, 5) is 24.4. The number of carbonyl (C=O) groups excluding carboxylic acids is 2. The molecule has 1 aromatic rings. The Balaban J connectivity index is 3.04. The van der Waals surface area contributed by atoms with Gasteiger partial charge in [0.2, 0.25) is 0 Å². The summed E-state index contributed by atoms with van der Waals surface area (Å²) in [6, 6.07) is 3.78. The van der Waals surface area contributed by atoms with E-state index in [-0.39, 0.29) is 5.75 Å². The van der Waals surface area contributed by atoms with Crippen molar-refractivity contribution in [3.05, 3.63) is 28.2 Å². The zero-order chi connectivity index (χ0) is 15.5. The number of hydrogen-bond acceptors (Lipinski definition) is 4. The number of hydrogen-bond donors (Lipinski definition) is 1. The molecule has 0 aliphatic rings. The molecule has 1 amide bonds. The molecule has 0 saturated heterocycles. The van der Waals surface area contributed by atoms with Crippen LogP contribution in [0.15, 0.2) is 22.7 Å². The monoisotopic (exact) mass is 343 g/mol. The number of likely N-dealkylation sites (N-methyl/N-ethyl adjacent to an activating group) is 1. The molecule has 5 nitrogen and oxygen atoms in total. The molecule has 0 fully saturated rings. The molecule has 0 heterocycles. The van der Waals surface area contributed by atoms with E-state index < -0.39 is 17.7 Å². The van der Waals surface area contributed by atoms with E-state index in [4.69, 9.17) is 4.74 Å². The molecule has 1 rings (SSSR count). The van der Waals surface area contributed by atoms with E-state index in [2.05, 4.69) is 15.9 Å². The lowest BCUT2D eigenvalue weighted by molar-refractivity contribution is -0.112. The van der Waals surface area contributed by atoms with Crippen LogP contribution in [0.25, 0.3) is 0 Å². The fraction of sp³-hybridized carbons (Fsp3) is 0.429. The van der Waals surface area contributed by atoms with Gasteiger partial charge in [-0.25, -0.2) is 4.79 Å². The van der Waals surface area contributed by atoms with Crippen molar-refractivity contribution >= 4 is 28.3 Å². The zero-order valence-corrected chi connectivity index (χ0v) is 13.5. The summed E-state index contributed by atoms with van der Waals surface area (Å²) >= 11 is 3.27. The summed E-state index contributed by atoms with van der Waals surface area (Å²) in [7, 11) is 1.45. The second-order valence-corrected chi connectivity index (χ2v) is 6.29. The predicted molar refractivity (Wildman–Crippen MR) is 78.6 cm³/mol. The summed E-state index contributed by atoms with van der Waals surface area (Å²) in [5.74, 6) is -0.0549. The van der Waals surface area contributed by atoms with E-state index in [0.717, 1.165) is 4.90 Å². The Morgan fingerprint density at radius 1 is 1.45 bits per heavy atom. The van der Waals surface area contributed by atoms with Crippen molar-refractivity contribution in [2.75, 3.05) is 7.05 Å². The fourth-order valence-corrected chi connectivity index (χ4v) is 1.96. The number of carbonyl (C=O) groups is 2. The first-order chi connectivity index (χ1) is 9.15. The third-order valence-corrected chi connectivity index (χ3v) is 3.03. The molecule has 0 radical (unpaired) electrons. The van der Waals surface area contributed by atoms with Gasteiger partial charge in [0.1, 0.15) is 23.7 Å². The van der Waals surface area contributed by atoms with Crippen LogP contribution in [-0.4, -0.2) is 35.0 Å². The molecule has 1 unspecified atom stereocenters. The van der Waals surface area contributed by atoms with Crippen molar-refractivity contribution in [2.24, 2.45) is 0 Å². The van der Waals surface area contributed by atoms with Gasteiger partial charge in [-0.15, -0.1) is 0 Å². The number of aromatic hydroxyl groups is 1. The number of phenolic OH excluding ortho intramolecular Hbond substituents is 1. The highest BCUT2D eigenvalue weighted by molar-refractivity contribution is 9.10. The van der Waals surface area contributed by atoms with Gasteiger partial charge < -0.3 is 14.6 Å². The summed E-state index contributed by atoms with van der Waals surface area (Å²) < 4.78 is 5.91. The van der Waals surface area contributed by atoms with Crippen molar-refractivity contribution in [1.82, 2.24) is 4.90 Å². The van der Waals surface area contributed by atoms with Crippen molar-refractivity contribution in [1.29, 1.82) is 0 Å². The van der Waals surface area contributed by atoms with E-state index in [1.165, 1.54) is 13.1 Å². The molecule has 1 atom stereocenters. The molecule has 0 spiro atoms. The van der Waals surface area contributed by atoms with E-state index in [1.807, 2.05) is 0 Å². The lowest BCUT2D eigenvalue weighted by atomic mass is 10.1. The van der Waals surface area contributed by atoms with Gasteiger partial charge in [-0.05, 0) is 39.0 Å². The number of halogens is 1. The van der Waals surface area contributed by atoms with Crippen LogP contribution < -0.4 is 0 Å². The van der Waals surface area contributed by atoms with E-state index >= 15 is 0 Å². The maximum Gasteiger partial charge on any atom is 0.410 e. The molecule has 0 saturated carbocycles. The lowest BCUT2D eigenvalue weighted by Crippen LogP contribution is -2.37. The van der Waals surface area contributed by atoms with Gasteiger partial charge in [0.05, 0.1) is 0 Å².